The van der Waals surface area contributed by atoms with Crippen LogP contribution in [0.15, 0.2) is 30.6 Å². The third-order valence-corrected chi connectivity index (χ3v) is 5.43. The summed E-state index contributed by atoms with van der Waals surface area (Å²) in [6, 6.07) is 7.22. The predicted octanol–water partition coefficient (Wildman–Crippen LogP) is 3.43. The first-order valence-electron chi connectivity index (χ1n) is 8.37. The van der Waals surface area contributed by atoms with Gasteiger partial charge in [-0.2, -0.15) is 0 Å². The largest absolute Gasteiger partial charge is 0.497 e. The number of methoxy groups -OCH3 is 1. The lowest BCUT2D eigenvalue weighted by Gasteiger charge is -2.15. The van der Waals surface area contributed by atoms with Gasteiger partial charge in [-0.05, 0) is 44.0 Å². The topological polar surface area (TPSA) is 76.1 Å². The van der Waals surface area contributed by atoms with Gasteiger partial charge in [0, 0.05) is 11.4 Å². The molecule has 7 heteroatoms. The van der Waals surface area contributed by atoms with E-state index in [1.165, 1.54) is 11.2 Å². The third-order valence-electron chi connectivity index (χ3n) is 4.31. The minimum Gasteiger partial charge on any atom is -0.497 e. The maximum atomic E-state index is 12.5. The van der Waals surface area contributed by atoms with Crippen molar-refractivity contribution in [1.29, 1.82) is 0 Å². The number of rotatable bonds is 6. The number of aryl methyl sites for hydroxylation is 2. The van der Waals surface area contributed by atoms with E-state index in [0.717, 1.165) is 27.1 Å². The molecule has 0 bridgehead atoms. The first kappa shape index (κ1) is 18.1. The van der Waals surface area contributed by atoms with Crippen molar-refractivity contribution in [2.24, 2.45) is 0 Å². The maximum absolute atomic E-state index is 12.5. The van der Waals surface area contributed by atoms with E-state index >= 15 is 0 Å². The summed E-state index contributed by atoms with van der Waals surface area (Å²) < 4.78 is 5.20. The maximum Gasteiger partial charge on any atom is 0.242 e. The second kappa shape index (κ2) is 7.70. The number of hydrogen-bond acceptors (Lipinski definition) is 6. The van der Waals surface area contributed by atoms with E-state index in [0.29, 0.717) is 12.4 Å². The highest BCUT2D eigenvalue weighted by molar-refractivity contribution is 7.18. The van der Waals surface area contributed by atoms with Gasteiger partial charge in [0.15, 0.2) is 0 Å². The monoisotopic (exact) mass is 370 g/mol. The molecule has 0 saturated carbocycles. The molecule has 3 rings (SSSR count). The van der Waals surface area contributed by atoms with Crippen LogP contribution in [-0.2, 0) is 11.3 Å². The molecule has 6 nitrogen and oxygen atoms in total. The zero-order valence-electron chi connectivity index (χ0n) is 15.3. The molecule has 3 aromatic rings. The molecular formula is C19H22N4O2S. The third kappa shape index (κ3) is 3.77. The first-order valence-corrected chi connectivity index (χ1v) is 9.19. The van der Waals surface area contributed by atoms with Crippen LogP contribution in [0.25, 0.3) is 10.2 Å². The number of nitrogens with zero attached hydrogens (tertiary/aromatic N) is 2. The molecule has 0 unspecified atom stereocenters. The fourth-order valence-corrected chi connectivity index (χ4v) is 3.68. The molecule has 0 aliphatic rings. The Morgan fingerprint density at radius 2 is 2.12 bits per heavy atom. The Labute approximate surface area is 156 Å². The van der Waals surface area contributed by atoms with Gasteiger partial charge in [-0.3, -0.25) is 4.79 Å². The average molecular weight is 370 g/mol. The van der Waals surface area contributed by atoms with Gasteiger partial charge in [0.2, 0.25) is 5.91 Å². The summed E-state index contributed by atoms with van der Waals surface area (Å²) in [5.41, 5.74) is 2.13. The number of carbonyl (C=O) groups excluding carboxylic acids is 1. The fraction of sp³-hybridized carbons (Fsp3) is 0.316. The number of fused-ring (bicyclic) bond motifs is 1. The zero-order chi connectivity index (χ0) is 18.7. The molecular weight excluding hydrogens is 348 g/mol. The number of anilines is 1. The Balaban J connectivity index is 1.68. The number of nitrogens with one attached hydrogen (secondary N) is 2. The smallest absolute Gasteiger partial charge is 0.242 e. The van der Waals surface area contributed by atoms with Crippen molar-refractivity contribution in [2.75, 3.05) is 12.4 Å². The van der Waals surface area contributed by atoms with Crippen molar-refractivity contribution < 1.29 is 9.53 Å². The van der Waals surface area contributed by atoms with Crippen LogP contribution in [0.1, 0.15) is 22.9 Å². The van der Waals surface area contributed by atoms with Gasteiger partial charge in [0.25, 0.3) is 0 Å². The second-order valence-electron chi connectivity index (χ2n) is 6.12. The van der Waals surface area contributed by atoms with E-state index in [4.69, 9.17) is 4.74 Å². The Bertz CT molecular complexity index is 938. The van der Waals surface area contributed by atoms with Crippen molar-refractivity contribution >= 4 is 33.3 Å². The molecule has 1 amide bonds. The highest BCUT2D eigenvalue weighted by Crippen LogP contribution is 2.32. The van der Waals surface area contributed by atoms with Crippen LogP contribution in [0.3, 0.4) is 0 Å². The molecule has 2 N–H and O–H groups in total. The number of aromatic nitrogens is 2. The number of ether oxygens (including phenoxy) is 1. The summed E-state index contributed by atoms with van der Waals surface area (Å²) in [6.45, 7) is 6.38. The van der Waals surface area contributed by atoms with Crippen LogP contribution in [0.2, 0.25) is 0 Å². The highest BCUT2D eigenvalue weighted by atomic mass is 32.1. The molecule has 1 aromatic carbocycles. The Kier molecular flexibility index (Phi) is 5.37. The van der Waals surface area contributed by atoms with E-state index in [1.54, 1.807) is 18.4 Å². The number of benzene rings is 1. The van der Waals surface area contributed by atoms with Gasteiger partial charge in [0.1, 0.15) is 28.8 Å². The van der Waals surface area contributed by atoms with Gasteiger partial charge >= 0.3 is 0 Å². The molecule has 26 heavy (non-hydrogen) atoms. The lowest BCUT2D eigenvalue weighted by Crippen LogP contribution is -2.37. The van der Waals surface area contributed by atoms with E-state index in [2.05, 4.69) is 34.4 Å². The van der Waals surface area contributed by atoms with Crippen LogP contribution in [0.5, 0.6) is 5.75 Å². The van der Waals surface area contributed by atoms with E-state index in [9.17, 15) is 4.79 Å². The predicted molar refractivity (Wildman–Crippen MR) is 105 cm³/mol. The summed E-state index contributed by atoms with van der Waals surface area (Å²) in [7, 11) is 1.63. The van der Waals surface area contributed by atoms with Crippen LogP contribution in [-0.4, -0.2) is 29.0 Å². The SMILES string of the molecule is COc1cccc(CNC(=O)[C@@H](C)Nc2ncnc3sc(C)c(C)c23)c1. The summed E-state index contributed by atoms with van der Waals surface area (Å²) in [6.07, 6.45) is 1.53. The summed E-state index contributed by atoms with van der Waals surface area (Å²) in [4.78, 5) is 23.3. The number of amides is 1. The second-order valence-corrected chi connectivity index (χ2v) is 7.32. The molecule has 2 heterocycles. The lowest BCUT2D eigenvalue weighted by atomic mass is 10.2. The van der Waals surface area contributed by atoms with E-state index in [1.807, 2.05) is 31.2 Å². The first-order chi connectivity index (χ1) is 12.5. The van der Waals surface area contributed by atoms with Crippen LogP contribution >= 0.6 is 11.3 Å². The standard InChI is InChI=1S/C19H22N4O2S/c1-11-13(3)26-19-16(11)17(21-10-22-19)23-12(2)18(24)20-9-14-6-5-7-15(8-14)25-4/h5-8,10,12H,9H2,1-4H3,(H,20,24)(H,21,22,23)/t12-/m1/s1. The highest BCUT2D eigenvalue weighted by Gasteiger charge is 2.17. The minimum atomic E-state index is -0.418. The van der Waals surface area contributed by atoms with Crippen molar-refractivity contribution in [3.63, 3.8) is 0 Å². The van der Waals surface area contributed by atoms with Gasteiger partial charge < -0.3 is 15.4 Å². The van der Waals surface area contributed by atoms with Crippen molar-refractivity contribution in [3.05, 3.63) is 46.6 Å². The Morgan fingerprint density at radius 3 is 2.88 bits per heavy atom. The van der Waals surface area contributed by atoms with Crippen LogP contribution in [0, 0.1) is 13.8 Å². The average Bonchev–Trinajstić information content (AvgIpc) is 2.94. The molecule has 2 aromatic heterocycles. The fourth-order valence-electron chi connectivity index (χ4n) is 2.69. The molecule has 0 aliphatic heterocycles. The molecule has 136 valence electrons. The number of carbonyl (C=O) groups is 1. The quantitative estimate of drug-likeness (QED) is 0.695. The molecule has 0 fully saturated rings. The normalized spacial score (nSPS) is 12.0. The zero-order valence-corrected chi connectivity index (χ0v) is 16.1. The summed E-state index contributed by atoms with van der Waals surface area (Å²) in [5.74, 6) is 1.37. The Morgan fingerprint density at radius 1 is 1.31 bits per heavy atom. The molecule has 0 saturated heterocycles. The number of thiophene rings is 1. The van der Waals surface area contributed by atoms with E-state index in [-0.39, 0.29) is 5.91 Å². The van der Waals surface area contributed by atoms with Crippen molar-refractivity contribution in [1.82, 2.24) is 15.3 Å². The van der Waals surface area contributed by atoms with Gasteiger partial charge in [-0.15, -0.1) is 11.3 Å². The summed E-state index contributed by atoms with van der Waals surface area (Å²) >= 11 is 1.64. The van der Waals surface area contributed by atoms with Gasteiger partial charge in [0.05, 0.1) is 12.5 Å². The van der Waals surface area contributed by atoms with Crippen LogP contribution in [0.4, 0.5) is 5.82 Å². The number of hydrogen-bond donors (Lipinski definition) is 2. The van der Waals surface area contributed by atoms with Crippen LogP contribution < -0.4 is 15.4 Å². The lowest BCUT2D eigenvalue weighted by molar-refractivity contribution is -0.121. The molecule has 0 aliphatic carbocycles. The van der Waals surface area contributed by atoms with Crippen molar-refractivity contribution in [2.45, 2.75) is 33.4 Å². The van der Waals surface area contributed by atoms with Gasteiger partial charge in [-0.25, -0.2) is 9.97 Å². The summed E-state index contributed by atoms with van der Waals surface area (Å²) in [5, 5.41) is 7.15. The van der Waals surface area contributed by atoms with Gasteiger partial charge in [-0.1, -0.05) is 12.1 Å². The molecule has 0 spiro atoms. The Hall–Kier alpha value is -2.67. The molecule has 1 atom stereocenters. The minimum absolute atomic E-state index is 0.0933. The van der Waals surface area contributed by atoms with E-state index < -0.39 is 6.04 Å². The molecule has 0 radical (unpaired) electrons. The van der Waals surface area contributed by atoms with Crippen molar-refractivity contribution in [3.8, 4) is 5.75 Å².